The number of aliphatic hydroxyl groups is 3. The van der Waals surface area contributed by atoms with Crippen LogP contribution >= 0.6 is 0 Å². The minimum Gasteiger partial charge on any atom is -0.547 e. The van der Waals surface area contributed by atoms with Gasteiger partial charge in [-0.15, -0.1) is 0 Å². The number of carbonyl (C=O) groups is 2. The summed E-state index contributed by atoms with van der Waals surface area (Å²) in [5.41, 5.74) is -2.30. The van der Waals surface area contributed by atoms with E-state index in [1.165, 1.54) is 13.8 Å². The molecule has 0 saturated carbocycles. The second kappa shape index (κ2) is 6.64. The monoisotopic (exact) mass is 264 g/mol. The molecule has 0 bridgehead atoms. The van der Waals surface area contributed by atoms with Crippen molar-refractivity contribution in [1.82, 2.24) is 0 Å². The molecule has 3 N–H and O–H groups in total. The third-order valence-electron chi connectivity index (χ3n) is 2.64. The Hall–Kier alpha value is -1.22. The Kier molecular flexibility index (Phi) is 6.19. The molecule has 0 saturated heterocycles. The SMILES string of the molecule is CCOC(CC)(C(=O)[O-])C(O)C(O)C(O)C(=O)[O-]. The fourth-order valence-corrected chi connectivity index (χ4v) is 1.57. The Labute approximate surface area is 103 Å². The van der Waals surface area contributed by atoms with Crippen molar-refractivity contribution in [3.8, 4) is 0 Å². The van der Waals surface area contributed by atoms with Gasteiger partial charge in [0.1, 0.15) is 23.9 Å². The minimum absolute atomic E-state index is 0.118. The van der Waals surface area contributed by atoms with Crippen LogP contribution in [0.5, 0.6) is 0 Å². The lowest BCUT2D eigenvalue weighted by Gasteiger charge is -2.40. The predicted octanol–water partition coefficient (Wildman–Crippen LogP) is -4.25. The largest absolute Gasteiger partial charge is 0.547 e. The molecule has 0 aromatic rings. The Bertz CT molecular complexity index is 304. The number of carbonyl (C=O) groups excluding carboxylic acids is 2. The van der Waals surface area contributed by atoms with E-state index < -0.39 is 35.9 Å². The second-order valence-electron chi connectivity index (χ2n) is 3.66. The van der Waals surface area contributed by atoms with Crippen LogP contribution in [0.2, 0.25) is 0 Å². The van der Waals surface area contributed by atoms with Crippen LogP contribution in [0.1, 0.15) is 20.3 Å². The molecule has 0 aliphatic heterocycles. The maximum atomic E-state index is 11.0. The first-order valence-electron chi connectivity index (χ1n) is 5.35. The number of rotatable bonds is 8. The van der Waals surface area contributed by atoms with Crippen molar-refractivity contribution in [1.29, 1.82) is 0 Å². The van der Waals surface area contributed by atoms with E-state index in [1.54, 1.807) is 0 Å². The van der Waals surface area contributed by atoms with Gasteiger partial charge in [-0.3, -0.25) is 0 Å². The van der Waals surface area contributed by atoms with E-state index in [0.717, 1.165) is 0 Å². The topological polar surface area (TPSA) is 150 Å². The molecule has 0 radical (unpaired) electrons. The number of ether oxygens (including phenoxy) is 1. The molecule has 0 spiro atoms. The zero-order valence-corrected chi connectivity index (χ0v) is 10.0. The molecular formula is C10H16O8-2. The van der Waals surface area contributed by atoms with Crippen LogP contribution in [0.15, 0.2) is 0 Å². The van der Waals surface area contributed by atoms with Gasteiger partial charge in [-0.25, -0.2) is 0 Å². The first-order chi connectivity index (χ1) is 8.24. The van der Waals surface area contributed by atoms with E-state index in [2.05, 4.69) is 0 Å². The molecule has 4 atom stereocenters. The number of aliphatic hydroxyl groups excluding tert-OH is 3. The highest BCUT2D eigenvalue weighted by molar-refractivity contribution is 5.77. The van der Waals surface area contributed by atoms with Gasteiger partial charge in [0.2, 0.25) is 0 Å². The molecular weight excluding hydrogens is 248 g/mol. The van der Waals surface area contributed by atoms with Gasteiger partial charge in [0.15, 0.2) is 0 Å². The molecule has 8 nitrogen and oxygen atoms in total. The molecule has 0 heterocycles. The van der Waals surface area contributed by atoms with Gasteiger partial charge in [0.25, 0.3) is 0 Å². The van der Waals surface area contributed by atoms with Crippen LogP contribution in [0.4, 0.5) is 0 Å². The molecule has 18 heavy (non-hydrogen) atoms. The maximum Gasteiger partial charge on any atom is 0.135 e. The van der Waals surface area contributed by atoms with Crippen molar-refractivity contribution in [2.75, 3.05) is 6.61 Å². The van der Waals surface area contributed by atoms with E-state index in [0.29, 0.717) is 0 Å². The van der Waals surface area contributed by atoms with Crippen LogP contribution in [-0.2, 0) is 14.3 Å². The number of carboxylic acid groups (broad SMARTS) is 2. The van der Waals surface area contributed by atoms with Gasteiger partial charge in [0.05, 0.1) is 11.9 Å². The first kappa shape index (κ1) is 16.8. The molecule has 0 aliphatic carbocycles. The second-order valence-corrected chi connectivity index (χ2v) is 3.66. The highest BCUT2D eigenvalue weighted by Crippen LogP contribution is 2.24. The third-order valence-corrected chi connectivity index (χ3v) is 2.64. The van der Waals surface area contributed by atoms with E-state index in [9.17, 15) is 30.0 Å². The van der Waals surface area contributed by atoms with Crippen LogP contribution in [0.3, 0.4) is 0 Å². The van der Waals surface area contributed by atoms with E-state index >= 15 is 0 Å². The molecule has 0 amide bonds. The molecule has 8 heteroatoms. The summed E-state index contributed by atoms with van der Waals surface area (Å²) in [5, 5.41) is 49.5. The van der Waals surface area contributed by atoms with Crippen LogP contribution in [-0.4, -0.2) is 57.8 Å². The van der Waals surface area contributed by atoms with Crippen LogP contribution < -0.4 is 10.2 Å². The quantitative estimate of drug-likeness (QED) is 0.399. The summed E-state index contributed by atoms with van der Waals surface area (Å²) in [5.74, 6) is -3.86. The summed E-state index contributed by atoms with van der Waals surface area (Å²) in [4.78, 5) is 21.4. The fourth-order valence-electron chi connectivity index (χ4n) is 1.57. The number of carboxylic acids is 2. The Morgan fingerprint density at radius 2 is 1.72 bits per heavy atom. The van der Waals surface area contributed by atoms with E-state index in [4.69, 9.17) is 9.84 Å². The Morgan fingerprint density at radius 1 is 1.22 bits per heavy atom. The van der Waals surface area contributed by atoms with Gasteiger partial charge in [-0.05, 0) is 13.3 Å². The number of hydrogen-bond acceptors (Lipinski definition) is 8. The van der Waals surface area contributed by atoms with Crippen molar-refractivity contribution in [3.05, 3.63) is 0 Å². The smallest absolute Gasteiger partial charge is 0.135 e. The average Bonchev–Trinajstić information content (AvgIpc) is 2.32. The third kappa shape index (κ3) is 3.16. The van der Waals surface area contributed by atoms with Crippen molar-refractivity contribution in [3.63, 3.8) is 0 Å². The molecule has 0 aliphatic rings. The zero-order valence-electron chi connectivity index (χ0n) is 10.0. The maximum absolute atomic E-state index is 11.0. The lowest BCUT2D eigenvalue weighted by Crippen LogP contribution is -2.64. The van der Waals surface area contributed by atoms with Crippen molar-refractivity contribution >= 4 is 11.9 Å². The highest BCUT2D eigenvalue weighted by Gasteiger charge is 2.45. The molecule has 0 aromatic heterocycles. The highest BCUT2D eigenvalue weighted by atomic mass is 16.5. The van der Waals surface area contributed by atoms with Gasteiger partial charge >= 0.3 is 0 Å². The Morgan fingerprint density at radius 3 is 2.00 bits per heavy atom. The summed E-state index contributed by atoms with van der Waals surface area (Å²) >= 11 is 0. The lowest BCUT2D eigenvalue weighted by molar-refractivity contribution is -0.341. The summed E-state index contributed by atoms with van der Waals surface area (Å²) < 4.78 is 4.86. The lowest BCUT2D eigenvalue weighted by atomic mass is 9.87. The van der Waals surface area contributed by atoms with Crippen molar-refractivity contribution in [2.45, 2.75) is 44.2 Å². The zero-order chi connectivity index (χ0) is 14.5. The van der Waals surface area contributed by atoms with Gasteiger partial charge in [-0.1, -0.05) is 6.92 Å². The normalized spacial score (nSPS) is 19.6. The molecule has 106 valence electrons. The Balaban J connectivity index is 5.24. The van der Waals surface area contributed by atoms with E-state index in [1.807, 2.05) is 0 Å². The number of hydrogen-bond donors (Lipinski definition) is 3. The minimum atomic E-state index is -2.44. The van der Waals surface area contributed by atoms with Gasteiger partial charge in [-0.2, -0.15) is 0 Å². The van der Waals surface area contributed by atoms with E-state index in [-0.39, 0.29) is 13.0 Å². The molecule has 0 fully saturated rings. The van der Waals surface area contributed by atoms with Gasteiger partial charge in [0, 0.05) is 6.61 Å². The van der Waals surface area contributed by atoms with Crippen molar-refractivity contribution in [2.24, 2.45) is 0 Å². The predicted molar refractivity (Wildman–Crippen MR) is 52.7 cm³/mol. The molecule has 0 rings (SSSR count). The van der Waals surface area contributed by atoms with Crippen LogP contribution in [0, 0.1) is 0 Å². The standard InChI is InChI=1S/C10H18O8/c1-3-10(9(16)17,18-4-2)7(13)5(11)6(12)8(14)15/h5-7,11-13H,3-4H2,1-2H3,(H,14,15)(H,16,17)/p-2. The first-order valence-corrected chi connectivity index (χ1v) is 5.35. The summed E-state index contributed by atoms with van der Waals surface area (Å²) in [6.07, 6.45) is -7.19. The average molecular weight is 264 g/mol. The van der Waals surface area contributed by atoms with Crippen LogP contribution in [0.25, 0.3) is 0 Å². The molecule has 4 unspecified atom stereocenters. The number of aliphatic carboxylic acids is 2. The molecule has 0 aromatic carbocycles. The fraction of sp³-hybridized carbons (Fsp3) is 0.800. The van der Waals surface area contributed by atoms with Gasteiger partial charge < -0.3 is 39.9 Å². The summed E-state index contributed by atoms with van der Waals surface area (Å²) in [6, 6.07) is 0. The summed E-state index contributed by atoms with van der Waals surface area (Å²) in [7, 11) is 0. The summed E-state index contributed by atoms with van der Waals surface area (Å²) in [6.45, 7) is 2.67. The van der Waals surface area contributed by atoms with Crippen molar-refractivity contribution < 1.29 is 39.9 Å².